The molecular weight excluding hydrogens is 378 g/mol. The molecule has 1 saturated heterocycles. The number of hydrogen-bond acceptors (Lipinski definition) is 6. The summed E-state index contributed by atoms with van der Waals surface area (Å²) in [6.07, 6.45) is 2.91. The second kappa shape index (κ2) is 9.78. The van der Waals surface area contributed by atoms with E-state index in [4.69, 9.17) is 9.72 Å². The van der Waals surface area contributed by atoms with Gasteiger partial charge in [-0.05, 0) is 51.5 Å². The van der Waals surface area contributed by atoms with Crippen LogP contribution in [0.15, 0.2) is 36.5 Å². The summed E-state index contributed by atoms with van der Waals surface area (Å²) in [5.74, 6) is 2.54. The van der Waals surface area contributed by atoms with Gasteiger partial charge in [-0.15, -0.1) is 0 Å². The second-order valence-corrected chi connectivity index (χ2v) is 8.06. The number of amides is 1. The topological polar surface area (TPSA) is 70.6 Å². The van der Waals surface area contributed by atoms with Crippen molar-refractivity contribution in [3.63, 3.8) is 0 Å². The van der Waals surface area contributed by atoms with E-state index in [0.29, 0.717) is 6.04 Å². The van der Waals surface area contributed by atoms with Crippen molar-refractivity contribution in [1.82, 2.24) is 15.3 Å². The number of rotatable bonds is 8. The van der Waals surface area contributed by atoms with E-state index in [2.05, 4.69) is 40.9 Å². The summed E-state index contributed by atoms with van der Waals surface area (Å²) in [6.45, 7) is 12.5. The second-order valence-electron chi connectivity index (χ2n) is 8.06. The Labute approximate surface area is 179 Å². The lowest BCUT2D eigenvalue weighted by Crippen LogP contribution is -2.32. The average molecular weight is 412 g/mol. The zero-order chi connectivity index (χ0) is 21.7. The predicted molar refractivity (Wildman–Crippen MR) is 120 cm³/mol. The molecule has 0 saturated carbocycles. The molecule has 3 rings (SSSR count). The molecule has 1 aliphatic heterocycles. The third kappa shape index (κ3) is 5.40. The van der Waals surface area contributed by atoms with Crippen molar-refractivity contribution >= 4 is 17.7 Å². The van der Waals surface area contributed by atoms with Crippen molar-refractivity contribution in [3.8, 4) is 5.75 Å². The summed E-state index contributed by atoms with van der Waals surface area (Å²) in [4.78, 5) is 24.9. The molecule has 7 heteroatoms. The zero-order valence-electron chi connectivity index (χ0n) is 18.6. The van der Waals surface area contributed by atoms with Gasteiger partial charge < -0.3 is 19.9 Å². The van der Waals surface area contributed by atoms with Crippen LogP contribution in [0.2, 0.25) is 0 Å². The molecule has 1 aliphatic rings. The number of carbonyl (C=O) groups excluding carboxylic acids is 1. The summed E-state index contributed by atoms with van der Waals surface area (Å²) >= 11 is 0. The van der Waals surface area contributed by atoms with E-state index in [0.717, 1.165) is 49.1 Å². The standard InChI is InChI=1S/C23H33N5O2/c1-6-28(16(2)3)23-24-13-11-22(26-23)27-14-12-21(15-27)30-20-9-7-19(8-10-20)17(4)25-18(5)29/h7-11,13,16-17,21H,6,12,14-15H2,1-5H3,(H,25,29)/t17-,21+/m0/s1. The third-order valence-electron chi connectivity index (χ3n) is 5.42. The molecule has 0 spiro atoms. The Bertz CT molecular complexity index is 840. The SMILES string of the molecule is CCN(c1nccc(N2CC[C@@H](Oc3ccc([C@H](C)NC(C)=O)cc3)C2)n1)C(C)C. The maximum absolute atomic E-state index is 11.2. The van der Waals surface area contributed by atoms with E-state index in [1.165, 1.54) is 6.92 Å². The van der Waals surface area contributed by atoms with Crippen LogP contribution in [0.5, 0.6) is 5.75 Å². The summed E-state index contributed by atoms with van der Waals surface area (Å²) in [5.41, 5.74) is 1.06. The van der Waals surface area contributed by atoms with E-state index in [1.807, 2.05) is 43.5 Å². The van der Waals surface area contributed by atoms with Crippen LogP contribution in [-0.2, 0) is 4.79 Å². The van der Waals surface area contributed by atoms with E-state index < -0.39 is 0 Å². The fourth-order valence-corrected chi connectivity index (χ4v) is 3.84. The molecule has 1 fully saturated rings. The number of aromatic nitrogens is 2. The molecule has 0 bridgehead atoms. The smallest absolute Gasteiger partial charge is 0.227 e. The summed E-state index contributed by atoms with van der Waals surface area (Å²) in [5, 5.41) is 2.90. The minimum absolute atomic E-state index is 0.0148. The van der Waals surface area contributed by atoms with Gasteiger partial charge in [0, 0.05) is 38.7 Å². The summed E-state index contributed by atoms with van der Waals surface area (Å²) < 4.78 is 6.20. The maximum atomic E-state index is 11.2. The molecule has 0 unspecified atom stereocenters. The van der Waals surface area contributed by atoms with Crippen LogP contribution in [0.1, 0.15) is 52.6 Å². The molecule has 1 aromatic heterocycles. The van der Waals surface area contributed by atoms with Gasteiger partial charge in [-0.1, -0.05) is 12.1 Å². The molecule has 1 aromatic carbocycles. The lowest BCUT2D eigenvalue weighted by atomic mass is 10.1. The Morgan fingerprint density at radius 1 is 1.27 bits per heavy atom. The van der Waals surface area contributed by atoms with Gasteiger partial charge in [-0.2, -0.15) is 4.98 Å². The number of benzene rings is 1. The van der Waals surface area contributed by atoms with Crippen LogP contribution in [-0.4, -0.2) is 47.7 Å². The Morgan fingerprint density at radius 2 is 2.00 bits per heavy atom. The molecule has 0 aliphatic carbocycles. The average Bonchev–Trinajstić information content (AvgIpc) is 3.17. The monoisotopic (exact) mass is 411 g/mol. The number of nitrogens with one attached hydrogen (secondary N) is 1. The third-order valence-corrected chi connectivity index (χ3v) is 5.42. The molecular formula is C23H33N5O2. The van der Waals surface area contributed by atoms with Gasteiger partial charge in [0.1, 0.15) is 17.7 Å². The van der Waals surface area contributed by atoms with Crippen LogP contribution in [0.25, 0.3) is 0 Å². The molecule has 2 aromatic rings. The Kier molecular flexibility index (Phi) is 7.13. The van der Waals surface area contributed by atoms with Crippen molar-refractivity contribution in [3.05, 3.63) is 42.1 Å². The Balaban J connectivity index is 1.60. The van der Waals surface area contributed by atoms with Crippen molar-refractivity contribution < 1.29 is 9.53 Å². The van der Waals surface area contributed by atoms with Crippen molar-refractivity contribution in [2.24, 2.45) is 0 Å². The highest BCUT2D eigenvalue weighted by Gasteiger charge is 2.26. The lowest BCUT2D eigenvalue weighted by Gasteiger charge is -2.26. The number of hydrogen-bond donors (Lipinski definition) is 1. The number of carbonyl (C=O) groups is 1. The molecule has 2 atom stereocenters. The fourth-order valence-electron chi connectivity index (χ4n) is 3.84. The first-order chi connectivity index (χ1) is 14.4. The first-order valence-corrected chi connectivity index (χ1v) is 10.8. The molecule has 162 valence electrons. The van der Waals surface area contributed by atoms with Crippen LogP contribution < -0.4 is 19.9 Å². The van der Waals surface area contributed by atoms with Gasteiger partial charge >= 0.3 is 0 Å². The van der Waals surface area contributed by atoms with Gasteiger partial charge in [-0.25, -0.2) is 4.98 Å². The van der Waals surface area contributed by atoms with Crippen molar-refractivity contribution in [2.45, 2.75) is 59.2 Å². The van der Waals surface area contributed by atoms with E-state index in [9.17, 15) is 4.79 Å². The maximum Gasteiger partial charge on any atom is 0.227 e. The van der Waals surface area contributed by atoms with Gasteiger partial charge in [0.05, 0.1) is 12.6 Å². The fraction of sp³-hybridized carbons (Fsp3) is 0.522. The van der Waals surface area contributed by atoms with Crippen LogP contribution >= 0.6 is 0 Å². The first-order valence-electron chi connectivity index (χ1n) is 10.8. The minimum atomic E-state index is -0.0304. The summed E-state index contributed by atoms with van der Waals surface area (Å²) in [7, 11) is 0. The van der Waals surface area contributed by atoms with Crippen molar-refractivity contribution in [1.29, 1.82) is 0 Å². The lowest BCUT2D eigenvalue weighted by molar-refractivity contribution is -0.119. The molecule has 1 amide bonds. The van der Waals surface area contributed by atoms with Gasteiger partial charge in [0.25, 0.3) is 0 Å². The summed E-state index contributed by atoms with van der Waals surface area (Å²) in [6, 6.07) is 10.3. The van der Waals surface area contributed by atoms with E-state index >= 15 is 0 Å². The largest absolute Gasteiger partial charge is 0.489 e. The van der Waals surface area contributed by atoms with Crippen LogP contribution in [0, 0.1) is 0 Å². The Morgan fingerprint density at radius 3 is 2.63 bits per heavy atom. The van der Waals surface area contributed by atoms with Gasteiger partial charge in [0.2, 0.25) is 11.9 Å². The molecule has 1 N–H and O–H groups in total. The first kappa shape index (κ1) is 21.9. The quantitative estimate of drug-likeness (QED) is 0.716. The van der Waals surface area contributed by atoms with E-state index in [-0.39, 0.29) is 18.1 Å². The number of nitrogens with zero attached hydrogens (tertiary/aromatic N) is 4. The minimum Gasteiger partial charge on any atom is -0.489 e. The van der Waals surface area contributed by atoms with Crippen LogP contribution in [0.3, 0.4) is 0 Å². The normalized spacial score (nSPS) is 17.1. The molecule has 2 heterocycles. The van der Waals surface area contributed by atoms with E-state index in [1.54, 1.807) is 0 Å². The Hall–Kier alpha value is -2.83. The highest BCUT2D eigenvalue weighted by molar-refractivity contribution is 5.73. The highest BCUT2D eigenvalue weighted by Crippen LogP contribution is 2.25. The molecule has 30 heavy (non-hydrogen) atoms. The molecule has 7 nitrogen and oxygen atoms in total. The van der Waals surface area contributed by atoms with Gasteiger partial charge in [0.15, 0.2) is 0 Å². The molecule has 0 radical (unpaired) electrons. The zero-order valence-corrected chi connectivity index (χ0v) is 18.6. The van der Waals surface area contributed by atoms with Gasteiger partial charge in [-0.3, -0.25) is 4.79 Å². The number of anilines is 2. The predicted octanol–water partition coefficient (Wildman–Crippen LogP) is 3.57. The highest BCUT2D eigenvalue weighted by atomic mass is 16.5. The van der Waals surface area contributed by atoms with Crippen LogP contribution in [0.4, 0.5) is 11.8 Å². The number of ether oxygens (including phenoxy) is 1. The van der Waals surface area contributed by atoms with Crippen molar-refractivity contribution in [2.75, 3.05) is 29.4 Å².